The quantitative estimate of drug-likeness (QED) is 0.125. The Labute approximate surface area is 266 Å². The molecule has 6 nitrogen and oxygen atoms in total. The van der Waals surface area contributed by atoms with Crippen molar-refractivity contribution in [3.05, 3.63) is 60.7 Å². The number of rotatable bonds is 13. The van der Waals surface area contributed by atoms with Crippen LogP contribution >= 0.6 is 0 Å². The molecule has 0 aliphatic carbocycles. The molecule has 1 aliphatic rings. The number of para-hydroxylation sites is 2. The van der Waals surface area contributed by atoms with E-state index in [0.29, 0.717) is 32.7 Å². The van der Waals surface area contributed by atoms with Gasteiger partial charge < -0.3 is 14.0 Å². The van der Waals surface area contributed by atoms with Crippen LogP contribution in [0.5, 0.6) is 0 Å². The van der Waals surface area contributed by atoms with E-state index in [2.05, 4.69) is 60.9 Å². The maximum absolute atomic E-state index is 15.1. The molecule has 0 bridgehead atoms. The third-order valence-corrected chi connectivity index (χ3v) is 10.6. The highest BCUT2D eigenvalue weighted by atomic mass is 16.5. The van der Waals surface area contributed by atoms with Crippen molar-refractivity contribution in [1.82, 2.24) is 9.13 Å². The van der Waals surface area contributed by atoms with Crippen molar-refractivity contribution < 1.29 is 19.1 Å². The van der Waals surface area contributed by atoms with Crippen molar-refractivity contribution >= 4 is 55.5 Å². The van der Waals surface area contributed by atoms with E-state index in [-0.39, 0.29) is 17.3 Å². The molecule has 238 valence electrons. The summed E-state index contributed by atoms with van der Waals surface area (Å²) >= 11 is 0. The third kappa shape index (κ3) is 5.15. The first-order valence-corrected chi connectivity index (χ1v) is 17.1. The van der Waals surface area contributed by atoms with Gasteiger partial charge in [-0.1, -0.05) is 89.4 Å². The fourth-order valence-electron chi connectivity index (χ4n) is 7.59. The number of hydrogen-bond donors (Lipinski definition) is 0. The lowest BCUT2D eigenvalue weighted by Gasteiger charge is -2.42. The van der Waals surface area contributed by atoms with Crippen molar-refractivity contribution in [3.63, 3.8) is 0 Å². The van der Waals surface area contributed by atoms with Crippen LogP contribution in [-0.2, 0) is 20.8 Å². The van der Waals surface area contributed by atoms with Gasteiger partial charge in [0.05, 0.1) is 46.5 Å². The number of carbonyl (C=O) groups is 2. The highest BCUT2D eigenvalue weighted by Crippen LogP contribution is 2.43. The number of unbranched alkanes of at least 4 members (excludes halogenated alkanes) is 2. The lowest BCUT2D eigenvalue weighted by atomic mass is 9.72. The Hall–Kier alpha value is -3.64. The Kier molecular flexibility index (Phi) is 8.80. The summed E-state index contributed by atoms with van der Waals surface area (Å²) in [6.07, 6.45) is 6.39. The van der Waals surface area contributed by atoms with Gasteiger partial charge in [0.15, 0.2) is 0 Å². The number of aryl methyl sites for hydroxylation is 1. The van der Waals surface area contributed by atoms with Gasteiger partial charge in [-0.15, -0.1) is 0 Å². The van der Waals surface area contributed by atoms with E-state index >= 15 is 4.79 Å². The highest BCUT2D eigenvalue weighted by molar-refractivity contribution is 6.27. The lowest BCUT2D eigenvalue weighted by molar-refractivity contribution is -0.182. The fourth-order valence-corrected chi connectivity index (χ4v) is 7.59. The van der Waals surface area contributed by atoms with E-state index in [1.165, 1.54) is 5.52 Å². The predicted molar refractivity (Wildman–Crippen MR) is 184 cm³/mol. The van der Waals surface area contributed by atoms with Crippen molar-refractivity contribution in [2.24, 2.45) is 16.7 Å². The molecular formula is C39H48N2O4. The van der Waals surface area contributed by atoms with Crippen LogP contribution in [0.4, 0.5) is 0 Å². The Morgan fingerprint density at radius 1 is 0.867 bits per heavy atom. The molecule has 45 heavy (non-hydrogen) atoms. The van der Waals surface area contributed by atoms with Crippen LogP contribution in [-0.4, -0.2) is 40.8 Å². The van der Waals surface area contributed by atoms with E-state index < -0.39 is 11.3 Å². The number of aromatic nitrogens is 2. The van der Waals surface area contributed by atoms with Gasteiger partial charge in [-0.25, -0.2) is 0 Å². The molecule has 1 fully saturated rings. The summed E-state index contributed by atoms with van der Waals surface area (Å²) in [5, 5.41) is 4.36. The summed E-state index contributed by atoms with van der Waals surface area (Å²) in [4.78, 5) is 29.1. The summed E-state index contributed by atoms with van der Waals surface area (Å²) in [5.41, 5.74) is 3.06. The molecule has 0 amide bonds. The summed E-state index contributed by atoms with van der Waals surface area (Å²) in [5.74, 6) is -0.882. The predicted octanol–water partition coefficient (Wildman–Crippen LogP) is 9.54. The highest BCUT2D eigenvalue weighted by Gasteiger charge is 2.47. The first-order chi connectivity index (χ1) is 21.8. The van der Waals surface area contributed by atoms with Crippen LogP contribution in [0.3, 0.4) is 0 Å². The average Bonchev–Trinajstić information content (AvgIpc) is 3.55. The minimum Gasteiger partial charge on any atom is -0.464 e. The van der Waals surface area contributed by atoms with E-state index in [9.17, 15) is 4.79 Å². The number of fused-ring (bicyclic) bond motifs is 7. The van der Waals surface area contributed by atoms with Crippen LogP contribution < -0.4 is 0 Å². The maximum atomic E-state index is 15.1. The fraction of sp³-hybridized carbons (Fsp3) is 0.487. The number of hydrogen-bond acceptors (Lipinski definition) is 4. The lowest BCUT2D eigenvalue weighted by Crippen LogP contribution is -2.49. The molecule has 3 aromatic carbocycles. The van der Waals surface area contributed by atoms with E-state index in [0.717, 1.165) is 76.7 Å². The minimum absolute atomic E-state index is 0.0458. The topological polar surface area (TPSA) is 62.5 Å². The van der Waals surface area contributed by atoms with Gasteiger partial charge in [-0.2, -0.15) is 0 Å². The Balaban J connectivity index is 1.49. The molecule has 0 radical (unpaired) electrons. The molecule has 0 spiro atoms. The second-order valence-electron chi connectivity index (χ2n) is 13.5. The Morgan fingerprint density at radius 3 is 2.20 bits per heavy atom. The molecular weight excluding hydrogens is 560 g/mol. The smallest absolute Gasteiger partial charge is 0.312 e. The van der Waals surface area contributed by atoms with Crippen LogP contribution in [0.2, 0.25) is 0 Å². The van der Waals surface area contributed by atoms with Gasteiger partial charge in [0.1, 0.15) is 6.61 Å². The Bertz CT molecular complexity index is 1860. The molecule has 6 heteroatoms. The SMILES string of the molecule is CCCCn1c2ccccc2c2c1ccc1c3ccccc3n(C(=O)C(CC)C(C)(CC)C(=O)OCC3(CCCC)COC3)c12. The summed E-state index contributed by atoms with van der Waals surface area (Å²) in [6, 6.07) is 21.1. The van der Waals surface area contributed by atoms with Crippen LogP contribution in [0, 0.1) is 16.7 Å². The van der Waals surface area contributed by atoms with Gasteiger partial charge in [-0.05, 0) is 50.8 Å². The first-order valence-electron chi connectivity index (χ1n) is 17.1. The molecule has 2 aromatic heterocycles. The van der Waals surface area contributed by atoms with Crippen molar-refractivity contribution in [2.45, 2.75) is 86.1 Å². The molecule has 1 saturated heterocycles. The molecule has 1 aliphatic heterocycles. The van der Waals surface area contributed by atoms with Gasteiger partial charge in [0.25, 0.3) is 0 Å². The molecule has 3 heterocycles. The second-order valence-corrected chi connectivity index (χ2v) is 13.5. The number of ether oxygens (including phenoxy) is 2. The van der Waals surface area contributed by atoms with Gasteiger partial charge in [-0.3, -0.25) is 14.2 Å². The number of benzene rings is 3. The number of esters is 1. The van der Waals surface area contributed by atoms with Crippen molar-refractivity contribution in [1.29, 1.82) is 0 Å². The number of carbonyl (C=O) groups excluding carboxylic acids is 2. The Morgan fingerprint density at radius 2 is 1.56 bits per heavy atom. The zero-order valence-electron chi connectivity index (χ0n) is 27.7. The molecule has 2 atom stereocenters. The van der Waals surface area contributed by atoms with Gasteiger partial charge in [0, 0.05) is 33.6 Å². The zero-order valence-corrected chi connectivity index (χ0v) is 27.7. The summed E-state index contributed by atoms with van der Waals surface area (Å²) < 4.78 is 16.0. The van der Waals surface area contributed by atoms with Crippen LogP contribution in [0.25, 0.3) is 43.6 Å². The molecule has 5 aromatic rings. The van der Waals surface area contributed by atoms with Crippen LogP contribution in [0.15, 0.2) is 60.7 Å². The average molecular weight is 609 g/mol. The summed E-state index contributed by atoms with van der Waals surface area (Å²) in [7, 11) is 0. The number of nitrogens with zero attached hydrogens (tertiary/aromatic N) is 2. The monoisotopic (exact) mass is 608 g/mol. The standard InChI is InChI=1S/C39H48N2O4/c1-6-10-22-39(24-44-25-39)26-45-37(43)38(5,9-4)30(8-3)36(42)41-32-19-15-12-16-27(32)28-20-21-33-34(35(28)41)29-17-13-14-18-31(29)40(33)23-11-7-2/h12-21,30H,6-11,22-26H2,1-5H3. The molecule has 0 saturated carbocycles. The second kappa shape index (κ2) is 12.6. The van der Waals surface area contributed by atoms with Gasteiger partial charge >= 0.3 is 5.97 Å². The van der Waals surface area contributed by atoms with E-state index in [4.69, 9.17) is 9.47 Å². The van der Waals surface area contributed by atoms with E-state index in [1.807, 2.05) is 43.5 Å². The zero-order chi connectivity index (χ0) is 31.8. The van der Waals surface area contributed by atoms with E-state index in [1.54, 1.807) is 0 Å². The van der Waals surface area contributed by atoms with Gasteiger partial charge in [0.2, 0.25) is 5.91 Å². The first kappa shape index (κ1) is 31.3. The normalized spacial score (nSPS) is 16.6. The van der Waals surface area contributed by atoms with Crippen molar-refractivity contribution in [2.75, 3.05) is 19.8 Å². The minimum atomic E-state index is -0.969. The van der Waals surface area contributed by atoms with Crippen LogP contribution in [0.1, 0.15) is 84.4 Å². The largest absolute Gasteiger partial charge is 0.464 e. The third-order valence-electron chi connectivity index (χ3n) is 10.6. The molecule has 6 rings (SSSR count). The summed E-state index contributed by atoms with van der Waals surface area (Å²) in [6.45, 7) is 12.9. The maximum Gasteiger partial charge on any atom is 0.312 e. The molecule has 0 N–H and O–H groups in total. The van der Waals surface area contributed by atoms with Crippen molar-refractivity contribution in [3.8, 4) is 0 Å². The molecule has 2 unspecified atom stereocenters.